The van der Waals surface area contributed by atoms with Crippen molar-refractivity contribution in [1.82, 2.24) is 5.32 Å². The van der Waals surface area contributed by atoms with Gasteiger partial charge in [-0.1, -0.05) is 49.6 Å². The maximum Gasteiger partial charge on any atom is 0.0874 e. The summed E-state index contributed by atoms with van der Waals surface area (Å²) in [6, 6.07) is 9.12. The van der Waals surface area contributed by atoms with Gasteiger partial charge >= 0.3 is 0 Å². The number of likely N-dealkylation sites (N-methyl/N-ethyl adjacent to an activating group) is 1. The fourth-order valence-corrected chi connectivity index (χ4v) is 3.60. The summed E-state index contributed by atoms with van der Waals surface area (Å²) in [6.07, 6.45) is 4.88. The third-order valence-electron chi connectivity index (χ3n) is 4.62. The molecule has 0 radical (unpaired) electrons. The summed E-state index contributed by atoms with van der Waals surface area (Å²) in [7, 11) is 3.92. The number of aryl methyl sites for hydroxylation is 1. The standard InChI is InChI=1S/C17H27NO/c1-13-7-9-15(10-8-13)16(18-3)17(19-4)11-5-6-14(2)12-17/h7-10,14,16,18H,5-6,11-12H2,1-4H3. The monoisotopic (exact) mass is 261 g/mol. The molecule has 3 unspecified atom stereocenters. The molecule has 2 nitrogen and oxygen atoms in total. The van der Waals surface area contributed by atoms with Gasteiger partial charge in [-0.05, 0) is 38.3 Å². The van der Waals surface area contributed by atoms with Crippen LogP contribution in [0.15, 0.2) is 24.3 Å². The topological polar surface area (TPSA) is 21.3 Å². The Morgan fingerprint density at radius 2 is 2.00 bits per heavy atom. The molecule has 0 amide bonds. The first kappa shape index (κ1) is 14.5. The minimum atomic E-state index is -0.0539. The molecule has 106 valence electrons. The van der Waals surface area contributed by atoms with Crippen LogP contribution in [0.4, 0.5) is 0 Å². The Labute approximate surface area is 117 Å². The molecular formula is C17H27NO. The molecule has 2 rings (SSSR count). The number of ether oxygens (including phenoxy) is 1. The second-order valence-electron chi connectivity index (χ2n) is 6.10. The Morgan fingerprint density at radius 3 is 2.53 bits per heavy atom. The van der Waals surface area contributed by atoms with Crippen LogP contribution in [-0.2, 0) is 4.74 Å². The average molecular weight is 261 g/mol. The van der Waals surface area contributed by atoms with E-state index >= 15 is 0 Å². The zero-order chi connectivity index (χ0) is 13.9. The fraction of sp³-hybridized carbons (Fsp3) is 0.647. The average Bonchev–Trinajstić information content (AvgIpc) is 2.42. The van der Waals surface area contributed by atoms with E-state index in [1.807, 2.05) is 14.2 Å². The Hall–Kier alpha value is -0.860. The van der Waals surface area contributed by atoms with Crippen LogP contribution in [-0.4, -0.2) is 19.8 Å². The van der Waals surface area contributed by atoms with Crippen LogP contribution in [0, 0.1) is 12.8 Å². The molecule has 1 aliphatic carbocycles. The first-order valence-electron chi connectivity index (χ1n) is 7.40. The van der Waals surface area contributed by atoms with Gasteiger partial charge in [0.15, 0.2) is 0 Å². The second kappa shape index (κ2) is 6.06. The van der Waals surface area contributed by atoms with E-state index in [0.29, 0.717) is 0 Å². The maximum atomic E-state index is 6.02. The Morgan fingerprint density at radius 1 is 1.32 bits per heavy atom. The van der Waals surface area contributed by atoms with E-state index in [0.717, 1.165) is 18.8 Å². The van der Waals surface area contributed by atoms with Gasteiger partial charge in [0, 0.05) is 7.11 Å². The van der Waals surface area contributed by atoms with E-state index < -0.39 is 0 Å². The SMILES string of the molecule is CNC(c1ccc(C)cc1)C1(OC)CCCC(C)C1. The number of benzene rings is 1. The minimum absolute atomic E-state index is 0.0539. The van der Waals surface area contributed by atoms with Crippen LogP contribution in [0.2, 0.25) is 0 Å². The highest BCUT2D eigenvalue weighted by molar-refractivity contribution is 5.27. The van der Waals surface area contributed by atoms with E-state index in [9.17, 15) is 0 Å². The summed E-state index contributed by atoms with van der Waals surface area (Å²) < 4.78 is 6.02. The number of rotatable bonds is 4. The lowest BCUT2D eigenvalue weighted by Crippen LogP contribution is -2.47. The summed E-state index contributed by atoms with van der Waals surface area (Å²) in [5.74, 6) is 0.745. The lowest BCUT2D eigenvalue weighted by molar-refractivity contribution is -0.0790. The van der Waals surface area contributed by atoms with Crippen molar-refractivity contribution < 1.29 is 4.74 Å². The highest BCUT2D eigenvalue weighted by Crippen LogP contribution is 2.43. The summed E-state index contributed by atoms with van der Waals surface area (Å²) in [5, 5.41) is 3.49. The third kappa shape index (κ3) is 3.01. The van der Waals surface area contributed by atoms with Gasteiger partial charge in [-0.25, -0.2) is 0 Å². The summed E-state index contributed by atoms with van der Waals surface area (Å²) >= 11 is 0. The van der Waals surface area contributed by atoms with Gasteiger partial charge < -0.3 is 10.1 Å². The molecule has 0 aromatic heterocycles. The molecule has 1 fully saturated rings. The molecule has 1 aromatic carbocycles. The predicted octanol–water partition coefficient (Wildman–Crippen LogP) is 3.85. The lowest BCUT2D eigenvalue weighted by atomic mass is 9.72. The first-order chi connectivity index (χ1) is 9.11. The largest absolute Gasteiger partial charge is 0.376 e. The molecule has 3 atom stereocenters. The van der Waals surface area contributed by atoms with Crippen LogP contribution >= 0.6 is 0 Å². The summed E-state index contributed by atoms with van der Waals surface area (Å²) in [6.45, 7) is 4.47. The van der Waals surface area contributed by atoms with Crippen LogP contribution in [0.3, 0.4) is 0 Å². The summed E-state index contributed by atoms with van der Waals surface area (Å²) in [4.78, 5) is 0. The van der Waals surface area contributed by atoms with E-state index in [1.165, 1.54) is 24.0 Å². The normalized spacial score (nSPS) is 29.2. The molecule has 0 spiro atoms. The van der Waals surface area contributed by atoms with Crippen molar-refractivity contribution in [2.45, 2.75) is 51.2 Å². The molecule has 2 heteroatoms. The van der Waals surface area contributed by atoms with Gasteiger partial charge in [0.25, 0.3) is 0 Å². The fourth-order valence-electron chi connectivity index (χ4n) is 3.60. The predicted molar refractivity (Wildman–Crippen MR) is 80.4 cm³/mol. The van der Waals surface area contributed by atoms with Crippen LogP contribution in [0.5, 0.6) is 0 Å². The third-order valence-corrected chi connectivity index (χ3v) is 4.62. The molecule has 1 saturated carbocycles. The van der Waals surface area contributed by atoms with Crippen molar-refractivity contribution in [1.29, 1.82) is 0 Å². The van der Waals surface area contributed by atoms with E-state index in [4.69, 9.17) is 4.74 Å². The molecule has 0 heterocycles. The molecule has 0 aliphatic heterocycles. The Balaban J connectivity index is 2.30. The van der Waals surface area contributed by atoms with E-state index in [2.05, 4.69) is 43.4 Å². The van der Waals surface area contributed by atoms with Crippen molar-refractivity contribution in [3.63, 3.8) is 0 Å². The van der Waals surface area contributed by atoms with Gasteiger partial charge in [0.05, 0.1) is 11.6 Å². The van der Waals surface area contributed by atoms with Crippen molar-refractivity contribution >= 4 is 0 Å². The van der Waals surface area contributed by atoms with E-state index in [1.54, 1.807) is 0 Å². The molecule has 1 N–H and O–H groups in total. The van der Waals surface area contributed by atoms with E-state index in [-0.39, 0.29) is 11.6 Å². The number of methoxy groups -OCH3 is 1. The minimum Gasteiger partial charge on any atom is -0.376 e. The number of nitrogens with one attached hydrogen (secondary N) is 1. The summed E-state index contributed by atoms with van der Waals surface area (Å²) in [5.41, 5.74) is 2.59. The molecule has 19 heavy (non-hydrogen) atoms. The molecule has 1 aliphatic rings. The maximum absolute atomic E-state index is 6.02. The van der Waals surface area contributed by atoms with Crippen molar-refractivity contribution in [2.24, 2.45) is 5.92 Å². The quantitative estimate of drug-likeness (QED) is 0.889. The number of hydrogen-bond acceptors (Lipinski definition) is 2. The molecule has 0 saturated heterocycles. The van der Waals surface area contributed by atoms with Crippen molar-refractivity contribution in [3.8, 4) is 0 Å². The Bertz CT molecular complexity index is 400. The molecule has 1 aromatic rings. The van der Waals surface area contributed by atoms with Gasteiger partial charge in [0.2, 0.25) is 0 Å². The van der Waals surface area contributed by atoms with Crippen molar-refractivity contribution in [3.05, 3.63) is 35.4 Å². The van der Waals surface area contributed by atoms with Crippen LogP contribution in [0.25, 0.3) is 0 Å². The molecular weight excluding hydrogens is 234 g/mol. The smallest absolute Gasteiger partial charge is 0.0874 e. The van der Waals surface area contributed by atoms with Gasteiger partial charge in [-0.2, -0.15) is 0 Å². The van der Waals surface area contributed by atoms with Crippen LogP contribution < -0.4 is 5.32 Å². The second-order valence-corrected chi connectivity index (χ2v) is 6.10. The molecule has 0 bridgehead atoms. The zero-order valence-electron chi connectivity index (χ0n) is 12.7. The van der Waals surface area contributed by atoms with Crippen molar-refractivity contribution in [2.75, 3.05) is 14.2 Å². The lowest BCUT2D eigenvalue weighted by Gasteiger charge is -2.44. The van der Waals surface area contributed by atoms with Gasteiger partial charge in [-0.3, -0.25) is 0 Å². The van der Waals surface area contributed by atoms with Gasteiger partial charge in [-0.15, -0.1) is 0 Å². The number of hydrogen-bond donors (Lipinski definition) is 1. The first-order valence-corrected chi connectivity index (χ1v) is 7.40. The highest BCUT2D eigenvalue weighted by Gasteiger charge is 2.42. The zero-order valence-corrected chi connectivity index (χ0v) is 12.7. The Kier molecular flexibility index (Phi) is 4.64. The van der Waals surface area contributed by atoms with Crippen LogP contribution in [0.1, 0.15) is 49.8 Å². The highest BCUT2D eigenvalue weighted by atomic mass is 16.5. The van der Waals surface area contributed by atoms with Gasteiger partial charge in [0.1, 0.15) is 0 Å².